The Morgan fingerprint density at radius 1 is 0.689 bits per heavy atom. The topological polar surface area (TPSA) is 206 Å². The van der Waals surface area contributed by atoms with E-state index in [1.54, 1.807) is 14.0 Å². The molecule has 4 unspecified atom stereocenters. The molecule has 5 N–H and O–H groups in total. The van der Waals surface area contributed by atoms with Crippen LogP contribution in [-0.4, -0.2) is 126 Å². The second kappa shape index (κ2) is 30.0. The first-order valence-corrected chi connectivity index (χ1v) is 15.8. The number of unbranched alkanes of at least 4 members (excludes halogenated alkanes) is 3. The zero-order valence-electron chi connectivity index (χ0n) is 27.3. The Kier molecular flexibility index (Phi) is 29.1. The van der Waals surface area contributed by atoms with Crippen molar-refractivity contribution < 1.29 is 68.8 Å². The lowest BCUT2D eigenvalue weighted by atomic mass is 10.2. The molecule has 0 spiro atoms. The van der Waals surface area contributed by atoms with Crippen LogP contribution in [0.15, 0.2) is 0 Å². The molecule has 16 heteroatoms. The molecule has 0 saturated carbocycles. The molecule has 2 fully saturated rings. The minimum atomic E-state index is -0.964. The highest BCUT2D eigenvalue weighted by Crippen LogP contribution is 2.21. The van der Waals surface area contributed by atoms with Gasteiger partial charge in [0.2, 0.25) is 0 Å². The first-order valence-electron chi connectivity index (χ1n) is 15.8. The van der Waals surface area contributed by atoms with Crippen molar-refractivity contribution >= 4 is 11.8 Å². The molecule has 2 heterocycles. The Morgan fingerprint density at radius 3 is 1.76 bits per heavy atom. The fourth-order valence-corrected chi connectivity index (χ4v) is 3.83. The maximum atomic E-state index is 11.6. The number of ether oxygens (including phenoxy) is 4. The van der Waals surface area contributed by atoms with Gasteiger partial charge in [0.05, 0.1) is 6.61 Å². The summed E-state index contributed by atoms with van der Waals surface area (Å²) in [4.78, 5) is 36.7. The van der Waals surface area contributed by atoms with Crippen LogP contribution in [0, 0.1) is 0 Å². The number of hydrogen-bond donors (Lipinski definition) is 5. The maximum absolute atomic E-state index is 11.6. The van der Waals surface area contributed by atoms with Crippen molar-refractivity contribution in [3.8, 4) is 0 Å². The van der Waals surface area contributed by atoms with Gasteiger partial charge < -0.3 is 54.1 Å². The van der Waals surface area contributed by atoms with E-state index in [0.29, 0.717) is 84.2 Å². The normalized spacial score (nSPS) is 21.6. The van der Waals surface area contributed by atoms with E-state index in [1.807, 2.05) is 0 Å². The Bertz CT molecular complexity index is 684. The Labute approximate surface area is 266 Å². The standard InChI is InChI=1S/C17H32N2O10.C6H12O3.C6H14O/c20-13-5-6-14(21)18(13)28-17(24)4-3-10-26-12-25-9-1-2-11-27-29-19-15(22)7-8-16(19)23;1-6(8)3-2-4-9-5-7;1-3-4-5-6-7-2/h13-16,20-23H,1-12H2;7H,2-5H2,1H3;3-6H2,1-2H3. The Hall–Kier alpha value is -1.38. The average Bonchev–Trinajstić information content (AvgIpc) is 3.51. The molecular formula is C29H58N2O14. The molecular weight excluding hydrogens is 600 g/mol. The van der Waals surface area contributed by atoms with Gasteiger partial charge >= 0.3 is 5.97 Å². The fraction of sp³-hybridized carbons (Fsp3) is 0.931. The smallest absolute Gasteiger partial charge is 0.325 e. The van der Waals surface area contributed by atoms with E-state index in [0.717, 1.165) is 16.7 Å². The number of carbonyl (C=O) groups excluding carboxylic acids is 2. The summed E-state index contributed by atoms with van der Waals surface area (Å²) in [5.41, 5.74) is 0. The van der Waals surface area contributed by atoms with E-state index in [9.17, 15) is 30.0 Å². The van der Waals surface area contributed by atoms with Crippen LogP contribution in [0.5, 0.6) is 0 Å². The third kappa shape index (κ3) is 24.5. The van der Waals surface area contributed by atoms with Gasteiger partial charge in [-0.1, -0.05) is 29.9 Å². The second-order valence-corrected chi connectivity index (χ2v) is 10.4. The highest BCUT2D eigenvalue weighted by molar-refractivity contribution is 5.75. The number of Topliss-reactive ketones (excluding diaryl/α,β-unsaturated/α-hetero) is 1. The van der Waals surface area contributed by atoms with Crippen LogP contribution >= 0.6 is 0 Å². The summed E-state index contributed by atoms with van der Waals surface area (Å²) in [6.45, 7) is 6.05. The third-order valence-corrected chi connectivity index (χ3v) is 6.35. The van der Waals surface area contributed by atoms with Crippen molar-refractivity contribution in [3.05, 3.63) is 0 Å². The van der Waals surface area contributed by atoms with Crippen LogP contribution in [0.4, 0.5) is 0 Å². The third-order valence-electron chi connectivity index (χ3n) is 6.35. The number of rotatable bonds is 23. The van der Waals surface area contributed by atoms with E-state index >= 15 is 0 Å². The molecule has 16 nitrogen and oxygen atoms in total. The van der Waals surface area contributed by atoms with Gasteiger partial charge in [-0.3, -0.25) is 4.79 Å². The van der Waals surface area contributed by atoms with E-state index in [-0.39, 0.29) is 25.8 Å². The van der Waals surface area contributed by atoms with Crippen LogP contribution in [0.2, 0.25) is 0 Å². The van der Waals surface area contributed by atoms with Gasteiger partial charge in [-0.2, -0.15) is 0 Å². The highest BCUT2D eigenvalue weighted by Gasteiger charge is 2.34. The molecule has 0 aromatic carbocycles. The first-order chi connectivity index (χ1) is 21.7. The fourth-order valence-electron chi connectivity index (χ4n) is 3.83. The average molecular weight is 659 g/mol. The lowest BCUT2D eigenvalue weighted by molar-refractivity contribution is -0.468. The lowest BCUT2D eigenvalue weighted by Gasteiger charge is -2.21. The number of ketones is 1. The van der Waals surface area contributed by atoms with E-state index in [1.165, 1.54) is 19.3 Å². The van der Waals surface area contributed by atoms with Crippen molar-refractivity contribution in [1.82, 2.24) is 10.1 Å². The molecule has 2 aliphatic rings. The van der Waals surface area contributed by atoms with Crippen molar-refractivity contribution in [1.29, 1.82) is 0 Å². The summed E-state index contributed by atoms with van der Waals surface area (Å²) in [7, 11) is 1.75. The van der Waals surface area contributed by atoms with Gasteiger partial charge in [-0.05, 0) is 64.7 Å². The molecule has 2 aliphatic heterocycles. The molecule has 0 aliphatic carbocycles. The predicted octanol–water partition coefficient (Wildman–Crippen LogP) is 1.47. The molecule has 4 atom stereocenters. The number of aliphatic hydroxyl groups excluding tert-OH is 5. The summed E-state index contributed by atoms with van der Waals surface area (Å²) in [6, 6.07) is 0. The van der Waals surface area contributed by atoms with E-state index < -0.39 is 30.9 Å². The molecule has 0 bridgehead atoms. The number of methoxy groups -OCH3 is 1. The second-order valence-electron chi connectivity index (χ2n) is 10.4. The minimum absolute atomic E-state index is 0.0993. The molecule has 45 heavy (non-hydrogen) atoms. The van der Waals surface area contributed by atoms with E-state index in [2.05, 4.69) is 11.7 Å². The molecule has 0 aromatic rings. The largest absolute Gasteiger partial charge is 0.385 e. The molecule has 2 saturated heterocycles. The van der Waals surface area contributed by atoms with Crippen LogP contribution in [-0.2, 0) is 43.2 Å². The molecule has 0 aromatic heterocycles. The number of aliphatic hydroxyl groups is 5. The van der Waals surface area contributed by atoms with Crippen molar-refractivity contribution in [3.63, 3.8) is 0 Å². The molecule has 0 amide bonds. The number of nitrogens with zero attached hydrogens (tertiary/aromatic N) is 2. The van der Waals surface area contributed by atoms with Crippen LogP contribution in [0.1, 0.15) is 97.3 Å². The number of hydroxylamine groups is 4. The summed E-state index contributed by atoms with van der Waals surface area (Å²) >= 11 is 0. The van der Waals surface area contributed by atoms with Crippen LogP contribution in [0.3, 0.4) is 0 Å². The van der Waals surface area contributed by atoms with E-state index in [4.69, 9.17) is 34.0 Å². The predicted molar refractivity (Wildman–Crippen MR) is 159 cm³/mol. The zero-order valence-corrected chi connectivity index (χ0v) is 27.3. The van der Waals surface area contributed by atoms with Gasteiger partial charge in [0.15, 0.2) is 0 Å². The zero-order chi connectivity index (χ0) is 33.7. The quantitative estimate of drug-likeness (QED) is 0.0456. The van der Waals surface area contributed by atoms with Gasteiger partial charge in [0, 0.05) is 46.4 Å². The van der Waals surface area contributed by atoms with Gasteiger partial charge in [0.25, 0.3) is 0 Å². The number of carbonyl (C=O) groups is 2. The van der Waals surface area contributed by atoms with Crippen molar-refractivity contribution in [2.45, 2.75) is 122 Å². The van der Waals surface area contributed by atoms with Gasteiger partial charge in [-0.25, -0.2) is 4.89 Å². The SMILES string of the molecule is CC(=O)CCCOCO.CCCCCOC.O=C(CCCOCOCCCCOON1C(O)CCC1O)ON1C(O)CCC1O. The number of hydrogen-bond acceptors (Lipinski definition) is 16. The molecule has 2 rings (SSSR count). The first kappa shape index (κ1) is 43.6. The minimum Gasteiger partial charge on any atom is -0.385 e. The van der Waals surface area contributed by atoms with Gasteiger partial charge in [-0.15, -0.1) is 4.99 Å². The van der Waals surface area contributed by atoms with Crippen molar-refractivity contribution in [2.24, 2.45) is 0 Å². The van der Waals surface area contributed by atoms with Crippen LogP contribution < -0.4 is 0 Å². The maximum Gasteiger partial charge on any atom is 0.325 e. The summed E-state index contributed by atoms with van der Waals surface area (Å²) in [5, 5.41) is 48.2. The van der Waals surface area contributed by atoms with Crippen molar-refractivity contribution in [2.75, 3.05) is 53.7 Å². The highest BCUT2D eigenvalue weighted by atomic mass is 17.3. The summed E-state index contributed by atoms with van der Waals surface area (Å²) in [6.07, 6.45) is 4.91. The Morgan fingerprint density at radius 2 is 1.20 bits per heavy atom. The monoisotopic (exact) mass is 658 g/mol. The van der Waals surface area contributed by atoms with Crippen LogP contribution in [0.25, 0.3) is 0 Å². The Balaban J connectivity index is 0.000000992. The summed E-state index contributed by atoms with van der Waals surface area (Å²) < 4.78 is 20.0. The summed E-state index contributed by atoms with van der Waals surface area (Å²) in [5.74, 6) is -0.373. The molecule has 0 radical (unpaired) electrons. The van der Waals surface area contributed by atoms with Gasteiger partial charge in [0.1, 0.15) is 44.3 Å². The lowest BCUT2D eigenvalue weighted by Crippen LogP contribution is -2.37. The molecule has 268 valence electrons.